The Kier molecular flexibility index (Phi) is 6.31. The molecule has 3 rings (SSSR count). The predicted molar refractivity (Wildman–Crippen MR) is 101 cm³/mol. The van der Waals surface area contributed by atoms with E-state index in [1.54, 1.807) is 12.1 Å². The van der Waals surface area contributed by atoms with E-state index in [1.807, 2.05) is 25.1 Å². The molecule has 4 nitrogen and oxygen atoms in total. The maximum Gasteiger partial charge on any atom is 0.125 e. The van der Waals surface area contributed by atoms with Crippen LogP contribution >= 0.6 is 0 Å². The molecule has 2 aliphatic rings. The molecule has 140 valence electrons. The van der Waals surface area contributed by atoms with Crippen LogP contribution in [0.4, 0.5) is 10.1 Å². The molecule has 0 radical (unpaired) electrons. The molecule has 2 aliphatic heterocycles. The number of nitrogens with zero attached hydrogens (tertiary/aromatic N) is 2. The quantitative estimate of drug-likeness (QED) is 0.854. The van der Waals surface area contributed by atoms with Crippen molar-refractivity contribution < 1.29 is 9.13 Å². The van der Waals surface area contributed by atoms with Crippen molar-refractivity contribution in [1.82, 2.24) is 10.2 Å². The number of rotatable bonds is 6. The minimum Gasteiger partial charge on any atom is -0.381 e. The summed E-state index contributed by atoms with van der Waals surface area (Å²) in [6, 6.07) is 5.85. The third-order valence-corrected chi connectivity index (χ3v) is 5.55. The zero-order valence-corrected chi connectivity index (χ0v) is 15.8. The van der Waals surface area contributed by atoms with Gasteiger partial charge in [0.15, 0.2) is 0 Å². The molecule has 5 heteroatoms. The summed E-state index contributed by atoms with van der Waals surface area (Å²) in [5.41, 5.74) is 2.12. The average Bonchev–Trinajstić information content (AvgIpc) is 3.09. The summed E-state index contributed by atoms with van der Waals surface area (Å²) in [6.07, 6.45) is 3.57. The number of hydrogen-bond donors (Lipinski definition) is 1. The van der Waals surface area contributed by atoms with Gasteiger partial charge in [0.1, 0.15) is 5.82 Å². The Balaban J connectivity index is 1.51. The van der Waals surface area contributed by atoms with E-state index in [4.69, 9.17) is 4.74 Å². The van der Waals surface area contributed by atoms with E-state index >= 15 is 0 Å². The summed E-state index contributed by atoms with van der Waals surface area (Å²) in [7, 11) is 3.94. The van der Waals surface area contributed by atoms with Crippen LogP contribution in [0.3, 0.4) is 0 Å². The largest absolute Gasteiger partial charge is 0.381 e. The van der Waals surface area contributed by atoms with Gasteiger partial charge in [-0.2, -0.15) is 0 Å². The second-order valence-electron chi connectivity index (χ2n) is 7.79. The fraction of sp³-hybridized carbons (Fsp3) is 0.700. The number of hydrogen-bond acceptors (Lipinski definition) is 4. The summed E-state index contributed by atoms with van der Waals surface area (Å²) in [5, 5.41) is 3.76. The number of anilines is 1. The lowest BCUT2D eigenvalue weighted by atomic mass is 9.99. The van der Waals surface area contributed by atoms with Crippen LogP contribution in [0.1, 0.15) is 37.8 Å². The molecule has 2 heterocycles. The molecule has 1 N–H and O–H groups in total. The lowest BCUT2D eigenvalue weighted by molar-refractivity contribution is 0.145. The highest BCUT2D eigenvalue weighted by atomic mass is 19.1. The highest BCUT2D eigenvalue weighted by Gasteiger charge is 2.25. The van der Waals surface area contributed by atoms with Crippen molar-refractivity contribution >= 4 is 5.69 Å². The SMILES string of the molecule is C[C@H](NC1CCN(C[C@H]2CCOC2)CC1)c1ccc(F)cc1N(C)C. The number of nitrogens with one attached hydrogen (secondary N) is 1. The van der Waals surface area contributed by atoms with Gasteiger partial charge in [0, 0.05) is 45.0 Å². The highest BCUT2D eigenvalue weighted by molar-refractivity contribution is 5.54. The number of piperidine rings is 1. The van der Waals surface area contributed by atoms with E-state index in [0.29, 0.717) is 6.04 Å². The molecular weight excluding hydrogens is 317 g/mol. The minimum atomic E-state index is -0.177. The van der Waals surface area contributed by atoms with Gasteiger partial charge in [-0.05, 0) is 62.9 Å². The van der Waals surface area contributed by atoms with Crippen LogP contribution in [-0.2, 0) is 4.74 Å². The predicted octanol–water partition coefficient (Wildman–Crippen LogP) is 3.04. The normalized spacial score (nSPS) is 23.8. The van der Waals surface area contributed by atoms with Crippen LogP contribution in [0.25, 0.3) is 0 Å². The highest BCUT2D eigenvalue weighted by Crippen LogP contribution is 2.27. The first-order valence-corrected chi connectivity index (χ1v) is 9.56. The standard InChI is InChI=1S/C20H32FN3O/c1-15(19-5-4-17(21)12-20(19)23(2)3)22-18-6-9-24(10-7-18)13-16-8-11-25-14-16/h4-5,12,15-16,18,22H,6-11,13-14H2,1-3H3/t15-,16+/m0/s1. The molecule has 0 spiro atoms. The van der Waals surface area contributed by atoms with Crippen molar-refractivity contribution in [2.24, 2.45) is 5.92 Å². The summed E-state index contributed by atoms with van der Waals surface area (Å²) in [4.78, 5) is 4.58. The topological polar surface area (TPSA) is 27.7 Å². The first-order valence-electron chi connectivity index (χ1n) is 9.56. The zero-order valence-electron chi connectivity index (χ0n) is 15.8. The van der Waals surface area contributed by atoms with E-state index in [0.717, 1.165) is 43.5 Å². The smallest absolute Gasteiger partial charge is 0.125 e. The Hall–Kier alpha value is -1.17. The number of ether oxygens (including phenoxy) is 1. The van der Waals surface area contributed by atoms with Crippen molar-refractivity contribution in [2.45, 2.75) is 38.3 Å². The molecule has 0 bridgehead atoms. The minimum absolute atomic E-state index is 0.177. The fourth-order valence-electron chi connectivity index (χ4n) is 4.09. The molecule has 2 atom stereocenters. The Bertz CT molecular complexity index is 552. The van der Waals surface area contributed by atoms with Gasteiger partial charge in [0.2, 0.25) is 0 Å². The summed E-state index contributed by atoms with van der Waals surface area (Å²) < 4.78 is 19.1. The third kappa shape index (κ3) is 4.93. The molecule has 0 amide bonds. The second kappa shape index (κ2) is 8.47. The van der Waals surface area contributed by atoms with E-state index in [9.17, 15) is 4.39 Å². The molecule has 1 aromatic carbocycles. The third-order valence-electron chi connectivity index (χ3n) is 5.55. The monoisotopic (exact) mass is 349 g/mol. The van der Waals surface area contributed by atoms with Gasteiger partial charge in [0.25, 0.3) is 0 Å². The summed E-state index contributed by atoms with van der Waals surface area (Å²) in [5.74, 6) is 0.550. The molecule has 0 saturated carbocycles. The van der Waals surface area contributed by atoms with Crippen molar-refractivity contribution in [3.63, 3.8) is 0 Å². The average molecular weight is 349 g/mol. The molecule has 2 saturated heterocycles. The van der Waals surface area contributed by atoms with E-state index in [-0.39, 0.29) is 11.9 Å². The molecule has 0 unspecified atom stereocenters. The second-order valence-corrected chi connectivity index (χ2v) is 7.79. The van der Waals surface area contributed by atoms with Crippen molar-refractivity contribution in [3.8, 4) is 0 Å². The Labute approximate surface area is 151 Å². The first-order chi connectivity index (χ1) is 12.0. The van der Waals surface area contributed by atoms with Crippen LogP contribution in [0.2, 0.25) is 0 Å². The Morgan fingerprint density at radius 1 is 1.28 bits per heavy atom. The summed E-state index contributed by atoms with van der Waals surface area (Å²) >= 11 is 0. The van der Waals surface area contributed by atoms with Gasteiger partial charge in [-0.25, -0.2) is 4.39 Å². The van der Waals surface area contributed by atoms with E-state index < -0.39 is 0 Å². The van der Waals surface area contributed by atoms with Gasteiger partial charge in [-0.1, -0.05) is 6.07 Å². The lowest BCUT2D eigenvalue weighted by Crippen LogP contribution is -2.44. The van der Waals surface area contributed by atoms with E-state index in [2.05, 4.69) is 17.1 Å². The van der Waals surface area contributed by atoms with E-state index in [1.165, 1.54) is 25.8 Å². The first kappa shape index (κ1) is 18.6. The van der Waals surface area contributed by atoms with Crippen LogP contribution in [0, 0.1) is 11.7 Å². The Morgan fingerprint density at radius 3 is 2.68 bits per heavy atom. The van der Waals surface area contributed by atoms with Crippen LogP contribution < -0.4 is 10.2 Å². The molecule has 0 aromatic heterocycles. The van der Waals surface area contributed by atoms with Gasteiger partial charge in [-0.3, -0.25) is 0 Å². The summed E-state index contributed by atoms with van der Waals surface area (Å²) in [6.45, 7) is 7.56. The fourth-order valence-corrected chi connectivity index (χ4v) is 4.09. The maximum atomic E-state index is 13.6. The van der Waals surface area contributed by atoms with Crippen molar-refractivity contribution in [2.75, 3.05) is 51.8 Å². The van der Waals surface area contributed by atoms with Crippen LogP contribution in [0.15, 0.2) is 18.2 Å². The Morgan fingerprint density at radius 2 is 2.04 bits per heavy atom. The van der Waals surface area contributed by atoms with Gasteiger partial charge in [-0.15, -0.1) is 0 Å². The number of benzene rings is 1. The van der Waals surface area contributed by atoms with Crippen LogP contribution in [-0.4, -0.2) is 57.9 Å². The van der Waals surface area contributed by atoms with Crippen LogP contribution in [0.5, 0.6) is 0 Å². The number of likely N-dealkylation sites (tertiary alicyclic amines) is 1. The lowest BCUT2D eigenvalue weighted by Gasteiger charge is -2.35. The molecule has 0 aliphatic carbocycles. The maximum absolute atomic E-state index is 13.6. The molecule has 2 fully saturated rings. The van der Waals surface area contributed by atoms with Gasteiger partial charge < -0.3 is 19.9 Å². The zero-order chi connectivity index (χ0) is 17.8. The molecular formula is C20H32FN3O. The molecule has 1 aromatic rings. The van der Waals surface area contributed by atoms with Gasteiger partial charge >= 0.3 is 0 Å². The van der Waals surface area contributed by atoms with Crippen molar-refractivity contribution in [1.29, 1.82) is 0 Å². The number of halogens is 1. The molecule has 25 heavy (non-hydrogen) atoms. The van der Waals surface area contributed by atoms with Gasteiger partial charge in [0.05, 0.1) is 6.61 Å². The van der Waals surface area contributed by atoms with Crippen molar-refractivity contribution in [3.05, 3.63) is 29.6 Å².